The fourth-order valence-electron chi connectivity index (χ4n) is 2.87. The highest BCUT2D eigenvalue weighted by Gasteiger charge is 2.16. The lowest BCUT2D eigenvalue weighted by atomic mass is 10.00. The molecule has 23 heavy (non-hydrogen) atoms. The van der Waals surface area contributed by atoms with Gasteiger partial charge in [0, 0.05) is 10.3 Å². The lowest BCUT2D eigenvalue weighted by molar-refractivity contribution is 0.0699. The van der Waals surface area contributed by atoms with Crippen molar-refractivity contribution >= 4 is 39.0 Å². The molecular weight excluding hydrogens is 306 g/mol. The molecule has 2 aromatic heterocycles. The molecule has 0 aliphatic heterocycles. The van der Waals surface area contributed by atoms with Gasteiger partial charge in [0.25, 0.3) is 0 Å². The van der Waals surface area contributed by atoms with Crippen LogP contribution in [-0.4, -0.2) is 16.1 Å². The van der Waals surface area contributed by atoms with Gasteiger partial charge in [0.05, 0.1) is 21.7 Å². The predicted molar refractivity (Wildman–Crippen MR) is 94.3 cm³/mol. The van der Waals surface area contributed by atoms with Gasteiger partial charge in [-0.25, -0.2) is 9.78 Å². The van der Waals surface area contributed by atoms with Crippen LogP contribution in [0.3, 0.4) is 0 Å². The topological polar surface area (TPSA) is 50.2 Å². The molecule has 0 saturated carbocycles. The number of rotatable bonds is 2. The van der Waals surface area contributed by atoms with Crippen molar-refractivity contribution in [1.29, 1.82) is 0 Å². The standard InChI is InChI=1S/C19H13NO2S/c1-11-6-9-17(23-11)16-10-14(19(21)22)18-13-5-3-2-4-12(13)7-8-15(18)20-16/h2-10H,1H3,(H,21,22). The van der Waals surface area contributed by atoms with Gasteiger partial charge in [0.15, 0.2) is 0 Å². The second kappa shape index (κ2) is 5.18. The van der Waals surface area contributed by atoms with Crippen LogP contribution in [0.5, 0.6) is 0 Å². The zero-order chi connectivity index (χ0) is 16.0. The van der Waals surface area contributed by atoms with Gasteiger partial charge in [-0.1, -0.05) is 30.3 Å². The summed E-state index contributed by atoms with van der Waals surface area (Å²) in [7, 11) is 0. The molecule has 0 aliphatic rings. The number of aryl methyl sites for hydroxylation is 1. The first kappa shape index (κ1) is 13.9. The molecule has 0 unspecified atom stereocenters. The molecule has 2 aromatic carbocycles. The van der Waals surface area contributed by atoms with Crippen molar-refractivity contribution in [1.82, 2.24) is 4.98 Å². The summed E-state index contributed by atoms with van der Waals surface area (Å²) in [5.74, 6) is -0.928. The summed E-state index contributed by atoms with van der Waals surface area (Å²) >= 11 is 1.62. The van der Waals surface area contributed by atoms with Gasteiger partial charge in [-0.2, -0.15) is 0 Å². The Bertz CT molecular complexity index is 1070. The number of carboxylic acid groups (broad SMARTS) is 1. The minimum Gasteiger partial charge on any atom is -0.478 e. The van der Waals surface area contributed by atoms with Crippen LogP contribution in [0.1, 0.15) is 15.2 Å². The summed E-state index contributed by atoms with van der Waals surface area (Å²) in [6.45, 7) is 2.03. The maximum atomic E-state index is 11.8. The average Bonchev–Trinajstić information content (AvgIpc) is 3.00. The second-order valence-corrected chi connectivity index (χ2v) is 6.74. The van der Waals surface area contributed by atoms with Gasteiger partial charge < -0.3 is 5.11 Å². The average molecular weight is 319 g/mol. The fraction of sp³-hybridized carbons (Fsp3) is 0.0526. The third-order valence-corrected chi connectivity index (χ3v) is 4.94. The number of thiophene rings is 1. The number of aromatic carboxylic acids is 1. The number of hydrogen-bond donors (Lipinski definition) is 1. The second-order valence-electron chi connectivity index (χ2n) is 5.45. The zero-order valence-electron chi connectivity index (χ0n) is 12.4. The van der Waals surface area contributed by atoms with E-state index in [1.165, 1.54) is 4.88 Å². The number of pyridine rings is 1. The van der Waals surface area contributed by atoms with Crippen LogP contribution < -0.4 is 0 Å². The summed E-state index contributed by atoms with van der Waals surface area (Å²) < 4.78 is 0. The molecule has 0 spiro atoms. The predicted octanol–water partition coefficient (Wildman–Crippen LogP) is 5.12. The Morgan fingerprint density at radius 2 is 1.91 bits per heavy atom. The van der Waals surface area contributed by atoms with Crippen molar-refractivity contribution in [2.24, 2.45) is 0 Å². The first-order chi connectivity index (χ1) is 11.1. The molecule has 0 bridgehead atoms. The van der Waals surface area contributed by atoms with Crippen LogP contribution in [0.15, 0.2) is 54.6 Å². The molecule has 0 radical (unpaired) electrons. The summed E-state index contributed by atoms with van der Waals surface area (Å²) in [5, 5.41) is 12.3. The summed E-state index contributed by atoms with van der Waals surface area (Å²) in [5.41, 5.74) is 1.72. The van der Waals surface area contributed by atoms with E-state index in [1.54, 1.807) is 17.4 Å². The van der Waals surface area contributed by atoms with Gasteiger partial charge in [-0.05, 0) is 42.0 Å². The monoisotopic (exact) mass is 319 g/mol. The van der Waals surface area contributed by atoms with Crippen LogP contribution in [0.4, 0.5) is 0 Å². The Balaban J connectivity index is 2.11. The summed E-state index contributed by atoms with van der Waals surface area (Å²) in [6, 6.07) is 17.4. The largest absolute Gasteiger partial charge is 0.478 e. The molecule has 0 amide bonds. The van der Waals surface area contributed by atoms with Crippen LogP contribution in [-0.2, 0) is 0 Å². The van der Waals surface area contributed by atoms with Gasteiger partial charge >= 0.3 is 5.97 Å². The Hall–Kier alpha value is -2.72. The summed E-state index contributed by atoms with van der Waals surface area (Å²) in [6.07, 6.45) is 0. The molecule has 4 aromatic rings. The molecule has 112 valence electrons. The molecule has 4 rings (SSSR count). The van der Waals surface area contributed by atoms with Crippen molar-refractivity contribution in [3.8, 4) is 10.6 Å². The third-order valence-electron chi connectivity index (χ3n) is 3.92. The Morgan fingerprint density at radius 1 is 1.09 bits per heavy atom. The van der Waals surface area contributed by atoms with Crippen LogP contribution in [0.2, 0.25) is 0 Å². The quantitative estimate of drug-likeness (QED) is 0.521. The third kappa shape index (κ3) is 2.28. The van der Waals surface area contributed by atoms with Gasteiger partial charge in [-0.3, -0.25) is 0 Å². The molecule has 2 heterocycles. The minimum absolute atomic E-state index is 0.299. The summed E-state index contributed by atoms with van der Waals surface area (Å²) in [4.78, 5) is 18.7. The van der Waals surface area contributed by atoms with Gasteiger partial charge in [0.1, 0.15) is 0 Å². The van der Waals surface area contributed by atoms with E-state index in [9.17, 15) is 9.90 Å². The first-order valence-electron chi connectivity index (χ1n) is 7.26. The van der Waals surface area contributed by atoms with Crippen molar-refractivity contribution in [3.63, 3.8) is 0 Å². The molecule has 1 N–H and O–H groups in total. The number of aromatic nitrogens is 1. The fourth-order valence-corrected chi connectivity index (χ4v) is 3.70. The molecule has 0 fully saturated rings. The Labute approximate surface area is 136 Å². The normalized spacial score (nSPS) is 11.2. The number of benzene rings is 2. The molecule has 4 heteroatoms. The van der Waals surface area contributed by atoms with Gasteiger partial charge in [0.2, 0.25) is 0 Å². The van der Waals surface area contributed by atoms with E-state index in [2.05, 4.69) is 0 Å². The van der Waals surface area contributed by atoms with Crippen LogP contribution >= 0.6 is 11.3 Å². The van der Waals surface area contributed by atoms with E-state index in [1.807, 2.05) is 55.5 Å². The smallest absolute Gasteiger partial charge is 0.336 e. The lowest BCUT2D eigenvalue weighted by Crippen LogP contribution is -2.00. The minimum atomic E-state index is -0.928. The maximum Gasteiger partial charge on any atom is 0.336 e. The molecule has 0 aliphatic carbocycles. The number of nitrogens with zero attached hydrogens (tertiary/aromatic N) is 1. The van der Waals surface area contributed by atoms with E-state index in [0.717, 1.165) is 15.6 Å². The highest BCUT2D eigenvalue weighted by atomic mass is 32.1. The Kier molecular flexibility index (Phi) is 3.13. The van der Waals surface area contributed by atoms with Crippen molar-refractivity contribution in [2.75, 3.05) is 0 Å². The highest BCUT2D eigenvalue weighted by molar-refractivity contribution is 7.15. The maximum absolute atomic E-state index is 11.8. The van der Waals surface area contributed by atoms with E-state index in [0.29, 0.717) is 22.2 Å². The number of fused-ring (bicyclic) bond motifs is 3. The Morgan fingerprint density at radius 3 is 2.65 bits per heavy atom. The molecule has 3 nitrogen and oxygen atoms in total. The zero-order valence-corrected chi connectivity index (χ0v) is 13.2. The molecular formula is C19H13NO2S. The van der Waals surface area contributed by atoms with Crippen molar-refractivity contribution in [3.05, 3.63) is 65.0 Å². The number of carbonyl (C=O) groups is 1. The van der Waals surface area contributed by atoms with E-state index < -0.39 is 5.97 Å². The first-order valence-corrected chi connectivity index (χ1v) is 8.08. The number of carboxylic acids is 1. The van der Waals surface area contributed by atoms with Gasteiger partial charge in [-0.15, -0.1) is 11.3 Å². The highest BCUT2D eigenvalue weighted by Crippen LogP contribution is 2.33. The number of hydrogen-bond acceptors (Lipinski definition) is 3. The van der Waals surface area contributed by atoms with E-state index in [4.69, 9.17) is 4.98 Å². The molecule has 0 atom stereocenters. The van der Waals surface area contributed by atoms with Crippen molar-refractivity contribution < 1.29 is 9.90 Å². The molecule has 0 saturated heterocycles. The lowest BCUT2D eigenvalue weighted by Gasteiger charge is -2.09. The van der Waals surface area contributed by atoms with Crippen LogP contribution in [0.25, 0.3) is 32.2 Å². The van der Waals surface area contributed by atoms with Crippen molar-refractivity contribution in [2.45, 2.75) is 6.92 Å². The van der Waals surface area contributed by atoms with E-state index >= 15 is 0 Å². The SMILES string of the molecule is Cc1ccc(-c2cc(C(=O)O)c3c(ccc4ccccc43)n2)s1. The van der Waals surface area contributed by atoms with E-state index in [-0.39, 0.29) is 0 Å². The van der Waals surface area contributed by atoms with Crippen LogP contribution in [0, 0.1) is 6.92 Å².